The van der Waals surface area contributed by atoms with Crippen molar-refractivity contribution in [1.82, 2.24) is 9.80 Å². The Morgan fingerprint density at radius 3 is 1.48 bits per heavy atom. The van der Waals surface area contributed by atoms with Crippen molar-refractivity contribution in [2.24, 2.45) is 0 Å². The van der Waals surface area contributed by atoms with Crippen LogP contribution < -0.4 is 0 Å². The largest absolute Gasteiger partial charge is 0.460 e. The number of morpholine rings is 1. The molecular formula is C44H86N2O6. The Kier molecular flexibility index (Phi) is 31.1. The van der Waals surface area contributed by atoms with Gasteiger partial charge in [-0.3, -0.25) is 14.5 Å². The van der Waals surface area contributed by atoms with Gasteiger partial charge in [-0.15, -0.1) is 0 Å². The van der Waals surface area contributed by atoms with E-state index in [1.807, 2.05) is 4.90 Å². The summed E-state index contributed by atoms with van der Waals surface area (Å²) in [5.41, 5.74) is 0. The Balaban J connectivity index is 2.70. The number of hydrogen-bond donors (Lipinski definition) is 3. The highest BCUT2D eigenvalue weighted by atomic mass is 16.5. The fourth-order valence-corrected chi connectivity index (χ4v) is 7.73. The van der Waals surface area contributed by atoms with E-state index in [1.54, 1.807) is 11.8 Å². The summed E-state index contributed by atoms with van der Waals surface area (Å²) in [4.78, 5) is 30.7. The topological polar surface area (TPSA) is 111 Å². The molecule has 0 bridgehead atoms. The van der Waals surface area contributed by atoms with Crippen molar-refractivity contribution in [2.45, 2.75) is 244 Å². The molecule has 5 atom stereocenters. The minimum Gasteiger partial charge on any atom is -0.460 e. The van der Waals surface area contributed by atoms with Crippen LogP contribution in [0, 0.1) is 0 Å². The van der Waals surface area contributed by atoms with Gasteiger partial charge in [0.25, 0.3) is 0 Å². The van der Waals surface area contributed by atoms with E-state index in [9.17, 15) is 24.9 Å². The molecule has 8 heteroatoms. The number of esters is 1. The van der Waals surface area contributed by atoms with Crippen LogP contribution in [0.1, 0.15) is 214 Å². The maximum atomic E-state index is 13.7. The second-order valence-electron chi connectivity index (χ2n) is 16.3. The number of aliphatic hydroxyl groups is 3. The summed E-state index contributed by atoms with van der Waals surface area (Å²) in [6.07, 6.45) is 29.4. The highest BCUT2D eigenvalue weighted by Gasteiger charge is 2.37. The van der Waals surface area contributed by atoms with Crippen LogP contribution in [-0.2, 0) is 14.3 Å². The summed E-state index contributed by atoms with van der Waals surface area (Å²) in [6, 6.07) is -0.584. The van der Waals surface area contributed by atoms with Gasteiger partial charge in [0, 0.05) is 32.6 Å². The molecule has 0 spiro atoms. The Labute approximate surface area is 321 Å². The molecule has 1 fully saturated rings. The second kappa shape index (κ2) is 33.1. The van der Waals surface area contributed by atoms with Crippen molar-refractivity contribution in [1.29, 1.82) is 0 Å². The van der Waals surface area contributed by atoms with Crippen molar-refractivity contribution in [3.05, 3.63) is 0 Å². The van der Waals surface area contributed by atoms with E-state index in [2.05, 4.69) is 20.8 Å². The average molecular weight is 739 g/mol. The van der Waals surface area contributed by atoms with Crippen molar-refractivity contribution in [3.8, 4) is 0 Å². The fraction of sp³-hybridized carbons (Fsp3) is 0.955. The van der Waals surface area contributed by atoms with Crippen LogP contribution in [0.5, 0.6) is 0 Å². The van der Waals surface area contributed by atoms with E-state index in [0.717, 1.165) is 44.9 Å². The lowest BCUT2D eigenvalue weighted by atomic mass is 10.0. The number of nitrogens with zero attached hydrogens (tertiary/aromatic N) is 2. The minimum atomic E-state index is -0.636. The number of carbonyl (C=O) groups is 2. The van der Waals surface area contributed by atoms with E-state index in [1.165, 1.54) is 116 Å². The predicted molar refractivity (Wildman–Crippen MR) is 216 cm³/mol. The standard InChI is InChI=1S/C44H86N2O6/c1-5-8-11-14-17-20-23-26-29-39(48)35-46(36-40(49)30-27-24-21-18-15-12-9-6-2)43(50)33-32-42-44(51)52-41(37-45(42)34-38(4)47)31-28-25-22-19-16-13-10-7-3/h38-42,47-49H,5-37H2,1-4H3. The first-order chi connectivity index (χ1) is 25.2. The van der Waals surface area contributed by atoms with Gasteiger partial charge in [0.05, 0.1) is 18.3 Å². The number of ether oxygens (including phenoxy) is 1. The molecule has 0 saturated carbocycles. The van der Waals surface area contributed by atoms with Gasteiger partial charge in [0.1, 0.15) is 12.1 Å². The molecule has 52 heavy (non-hydrogen) atoms. The number of amides is 1. The van der Waals surface area contributed by atoms with Crippen LogP contribution in [0.25, 0.3) is 0 Å². The zero-order valence-corrected chi connectivity index (χ0v) is 34.7. The summed E-state index contributed by atoms with van der Waals surface area (Å²) in [5, 5.41) is 32.2. The molecule has 0 radical (unpaired) electrons. The SMILES string of the molecule is CCCCCCCCCCC(O)CN(CC(O)CCCCCCCCCC)C(=O)CCC1C(=O)OC(CCCCCCCCCC)CN1CC(C)O. The molecule has 308 valence electrons. The van der Waals surface area contributed by atoms with E-state index in [0.29, 0.717) is 32.4 Å². The lowest BCUT2D eigenvalue weighted by Crippen LogP contribution is -2.54. The van der Waals surface area contributed by atoms with Crippen molar-refractivity contribution >= 4 is 11.9 Å². The molecule has 1 heterocycles. The lowest BCUT2D eigenvalue weighted by Gasteiger charge is -2.39. The number of aliphatic hydroxyl groups excluding tert-OH is 3. The summed E-state index contributed by atoms with van der Waals surface area (Å²) < 4.78 is 5.91. The summed E-state index contributed by atoms with van der Waals surface area (Å²) in [7, 11) is 0. The molecule has 0 aliphatic carbocycles. The molecule has 8 nitrogen and oxygen atoms in total. The highest BCUT2D eigenvalue weighted by Crippen LogP contribution is 2.23. The van der Waals surface area contributed by atoms with Gasteiger partial charge in [-0.25, -0.2) is 0 Å². The van der Waals surface area contributed by atoms with Crippen LogP contribution in [-0.4, -0.2) is 93.6 Å². The van der Waals surface area contributed by atoms with E-state index < -0.39 is 24.4 Å². The number of carbonyl (C=O) groups excluding carboxylic acids is 2. The molecule has 1 saturated heterocycles. The summed E-state index contributed by atoms with van der Waals surface area (Å²) in [5.74, 6) is -0.448. The molecule has 0 aromatic heterocycles. The highest BCUT2D eigenvalue weighted by molar-refractivity contribution is 5.80. The van der Waals surface area contributed by atoms with Crippen LogP contribution in [0.4, 0.5) is 0 Å². The number of β-amino-alcohol motifs (C(OH)–C–C–N with tert-alkyl or cyclic N) is 1. The molecule has 1 amide bonds. The third-order valence-corrected chi connectivity index (χ3v) is 10.9. The zero-order chi connectivity index (χ0) is 38.2. The predicted octanol–water partition coefficient (Wildman–Crippen LogP) is 9.89. The molecule has 1 aliphatic heterocycles. The first kappa shape index (κ1) is 48.8. The summed E-state index contributed by atoms with van der Waals surface area (Å²) in [6.45, 7) is 9.78. The minimum absolute atomic E-state index is 0.133. The number of rotatable bonds is 36. The van der Waals surface area contributed by atoms with Gasteiger partial charge in [-0.2, -0.15) is 0 Å². The molecule has 3 N–H and O–H groups in total. The van der Waals surface area contributed by atoms with Gasteiger partial charge in [0.15, 0.2) is 0 Å². The smallest absolute Gasteiger partial charge is 0.323 e. The first-order valence-corrected chi connectivity index (χ1v) is 22.5. The van der Waals surface area contributed by atoms with Gasteiger partial charge in [-0.05, 0) is 39.0 Å². The zero-order valence-electron chi connectivity index (χ0n) is 34.7. The number of cyclic esters (lactones) is 1. The van der Waals surface area contributed by atoms with Crippen molar-refractivity contribution < 1.29 is 29.6 Å². The van der Waals surface area contributed by atoms with Gasteiger partial charge in [0.2, 0.25) is 5.91 Å². The van der Waals surface area contributed by atoms with E-state index in [-0.39, 0.29) is 37.5 Å². The molecule has 0 aromatic rings. The monoisotopic (exact) mass is 739 g/mol. The molecule has 0 aromatic carbocycles. The molecule has 5 unspecified atom stereocenters. The van der Waals surface area contributed by atoms with Crippen molar-refractivity contribution in [3.63, 3.8) is 0 Å². The Morgan fingerprint density at radius 2 is 1.06 bits per heavy atom. The van der Waals surface area contributed by atoms with Crippen LogP contribution >= 0.6 is 0 Å². The maximum absolute atomic E-state index is 13.7. The Bertz CT molecular complexity index is 814. The van der Waals surface area contributed by atoms with Gasteiger partial charge < -0.3 is 25.0 Å². The molecular weight excluding hydrogens is 652 g/mol. The average Bonchev–Trinajstić information content (AvgIpc) is 3.10. The Hall–Kier alpha value is -1.22. The lowest BCUT2D eigenvalue weighted by molar-refractivity contribution is -0.168. The second-order valence-corrected chi connectivity index (χ2v) is 16.3. The van der Waals surface area contributed by atoms with E-state index in [4.69, 9.17) is 4.74 Å². The summed E-state index contributed by atoms with van der Waals surface area (Å²) >= 11 is 0. The first-order valence-electron chi connectivity index (χ1n) is 22.5. The van der Waals surface area contributed by atoms with Crippen LogP contribution in [0.3, 0.4) is 0 Å². The van der Waals surface area contributed by atoms with E-state index >= 15 is 0 Å². The number of hydrogen-bond acceptors (Lipinski definition) is 7. The van der Waals surface area contributed by atoms with Gasteiger partial charge in [-0.1, -0.05) is 168 Å². The van der Waals surface area contributed by atoms with Crippen LogP contribution in [0.15, 0.2) is 0 Å². The number of unbranched alkanes of at least 4 members (excludes halogenated alkanes) is 21. The quantitative estimate of drug-likeness (QED) is 0.0434. The molecule has 1 aliphatic rings. The van der Waals surface area contributed by atoms with Crippen molar-refractivity contribution in [2.75, 3.05) is 26.2 Å². The third kappa shape index (κ3) is 25.7. The molecule has 1 rings (SSSR count). The maximum Gasteiger partial charge on any atom is 0.323 e. The van der Waals surface area contributed by atoms with Gasteiger partial charge >= 0.3 is 5.97 Å². The normalized spacial score (nSPS) is 18.3. The van der Waals surface area contributed by atoms with Crippen LogP contribution in [0.2, 0.25) is 0 Å². The fourth-order valence-electron chi connectivity index (χ4n) is 7.73. The third-order valence-electron chi connectivity index (χ3n) is 10.9. The Morgan fingerprint density at radius 1 is 0.654 bits per heavy atom.